The van der Waals surface area contributed by atoms with Gasteiger partial charge < -0.3 is 19.9 Å². The minimum atomic E-state index is -1.09. The maximum atomic E-state index is 12.7. The van der Waals surface area contributed by atoms with E-state index in [2.05, 4.69) is 17.5 Å². The lowest BCUT2D eigenvalue weighted by molar-refractivity contribution is -0.122. The van der Waals surface area contributed by atoms with Crippen molar-refractivity contribution in [2.24, 2.45) is 17.8 Å². The summed E-state index contributed by atoms with van der Waals surface area (Å²) in [6.45, 7) is 0. The van der Waals surface area contributed by atoms with Crippen LogP contribution in [0.4, 0.5) is 5.69 Å². The van der Waals surface area contributed by atoms with E-state index in [0.29, 0.717) is 17.4 Å². The van der Waals surface area contributed by atoms with Crippen molar-refractivity contribution in [2.45, 2.75) is 19.3 Å². The number of carbonyl (C=O) groups excluding carboxylic acids is 1. The molecule has 4 rings (SSSR count). The summed E-state index contributed by atoms with van der Waals surface area (Å²) in [7, 11) is 2.89. The number of carbonyl (C=O) groups is 2. The van der Waals surface area contributed by atoms with Crippen LogP contribution < -0.4 is 14.8 Å². The van der Waals surface area contributed by atoms with Crippen LogP contribution in [0.3, 0.4) is 0 Å². The maximum Gasteiger partial charge on any atom is 0.335 e. The topological polar surface area (TPSA) is 84.9 Å². The predicted molar refractivity (Wildman–Crippen MR) is 88.6 cm³/mol. The van der Waals surface area contributed by atoms with Gasteiger partial charge in [-0.1, -0.05) is 12.2 Å². The van der Waals surface area contributed by atoms with Crippen LogP contribution in [-0.2, 0) is 4.79 Å². The largest absolute Gasteiger partial charge is 0.493 e. The molecule has 1 amide bonds. The van der Waals surface area contributed by atoms with E-state index >= 15 is 0 Å². The molecule has 3 aliphatic rings. The molecule has 3 atom stereocenters. The molecule has 0 saturated heterocycles. The molecule has 1 aromatic rings. The number of methoxy groups -OCH3 is 2. The Morgan fingerprint density at radius 2 is 1.96 bits per heavy atom. The summed E-state index contributed by atoms with van der Waals surface area (Å²) >= 11 is 0. The molecule has 0 unspecified atom stereocenters. The first-order valence-corrected chi connectivity index (χ1v) is 8.02. The van der Waals surface area contributed by atoms with Gasteiger partial charge in [-0.3, -0.25) is 4.79 Å². The third-order valence-electron chi connectivity index (χ3n) is 4.90. The number of allylic oxidation sites excluding steroid dienone is 2. The van der Waals surface area contributed by atoms with Gasteiger partial charge in [-0.15, -0.1) is 0 Å². The molecule has 0 radical (unpaired) electrons. The molecule has 6 nitrogen and oxygen atoms in total. The molecule has 24 heavy (non-hydrogen) atoms. The Kier molecular flexibility index (Phi) is 4.46. The van der Waals surface area contributed by atoms with E-state index < -0.39 is 5.97 Å². The van der Waals surface area contributed by atoms with Gasteiger partial charge in [0, 0.05) is 5.92 Å². The van der Waals surface area contributed by atoms with Crippen LogP contribution in [0.5, 0.6) is 11.5 Å². The summed E-state index contributed by atoms with van der Waals surface area (Å²) in [5.74, 6) is 0.0455. The van der Waals surface area contributed by atoms with Crippen molar-refractivity contribution in [1.82, 2.24) is 0 Å². The molecule has 6 heteroatoms. The van der Waals surface area contributed by atoms with Crippen molar-refractivity contribution in [1.29, 1.82) is 0 Å². The number of rotatable bonds is 5. The van der Waals surface area contributed by atoms with Crippen molar-refractivity contribution in [3.8, 4) is 11.5 Å². The second-order valence-electron chi connectivity index (χ2n) is 6.28. The Bertz CT molecular complexity index is 697. The van der Waals surface area contributed by atoms with Crippen LogP contribution in [-0.4, -0.2) is 31.2 Å². The number of aromatic carboxylic acids is 1. The molecule has 128 valence electrons. The molecular formula is C18H21NO5. The number of benzene rings is 1. The highest BCUT2D eigenvalue weighted by Gasteiger charge is 2.36. The first-order chi connectivity index (χ1) is 11.5. The van der Waals surface area contributed by atoms with Crippen LogP contribution in [0.25, 0.3) is 0 Å². The fraction of sp³-hybridized carbons (Fsp3) is 0.444. The summed E-state index contributed by atoms with van der Waals surface area (Å²) < 4.78 is 10.5. The number of nitrogens with one attached hydrogen (secondary N) is 1. The summed E-state index contributed by atoms with van der Waals surface area (Å²) in [5, 5.41) is 12.1. The SMILES string of the molecule is COc1cc(C(=O)O)cc(NC(=O)[C@@H]2C[C@@H]3C=C[C@H]2CC3)c1OC. The Morgan fingerprint density at radius 3 is 2.46 bits per heavy atom. The molecule has 0 aliphatic heterocycles. The Balaban J connectivity index is 1.88. The van der Waals surface area contributed by atoms with E-state index in [4.69, 9.17) is 9.47 Å². The highest BCUT2D eigenvalue weighted by Crippen LogP contribution is 2.42. The number of hydrogen-bond acceptors (Lipinski definition) is 4. The van der Waals surface area contributed by atoms with Gasteiger partial charge in [0.1, 0.15) is 0 Å². The number of anilines is 1. The van der Waals surface area contributed by atoms with Gasteiger partial charge in [-0.2, -0.15) is 0 Å². The fourth-order valence-electron chi connectivity index (χ4n) is 3.64. The van der Waals surface area contributed by atoms with Gasteiger partial charge in [0.2, 0.25) is 5.91 Å². The van der Waals surface area contributed by atoms with E-state index in [9.17, 15) is 14.7 Å². The van der Waals surface area contributed by atoms with Gasteiger partial charge in [0.25, 0.3) is 0 Å². The van der Waals surface area contributed by atoms with Gasteiger partial charge >= 0.3 is 5.97 Å². The van der Waals surface area contributed by atoms with Crippen molar-refractivity contribution < 1.29 is 24.2 Å². The van der Waals surface area contributed by atoms with Gasteiger partial charge in [-0.05, 0) is 43.2 Å². The first-order valence-electron chi connectivity index (χ1n) is 8.02. The molecular weight excluding hydrogens is 310 g/mol. The van der Waals surface area contributed by atoms with E-state index in [1.165, 1.54) is 26.4 Å². The molecule has 0 aromatic heterocycles. The molecule has 0 heterocycles. The average Bonchev–Trinajstić information content (AvgIpc) is 2.61. The molecule has 2 N–H and O–H groups in total. The number of carboxylic acid groups (broad SMARTS) is 1. The Labute approximate surface area is 140 Å². The monoisotopic (exact) mass is 331 g/mol. The normalized spacial score (nSPS) is 24.5. The molecule has 2 bridgehead atoms. The zero-order valence-electron chi connectivity index (χ0n) is 13.7. The quantitative estimate of drug-likeness (QED) is 0.810. The molecule has 0 spiro atoms. The number of fused-ring (bicyclic) bond motifs is 2. The fourth-order valence-corrected chi connectivity index (χ4v) is 3.64. The third kappa shape index (κ3) is 2.96. The number of hydrogen-bond donors (Lipinski definition) is 2. The lowest BCUT2D eigenvalue weighted by Gasteiger charge is -2.37. The van der Waals surface area contributed by atoms with E-state index in [0.717, 1.165) is 19.3 Å². The lowest BCUT2D eigenvalue weighted by atomic mass is 9.69. The zero-order chi connectivity index (χ0) is 17.3. The Morgan fingerprint density at radius 1 is 1.17 bits per heavy atom. The lowest BCUT2D eigenvalue weighted by Crippen LogP contribution is -2.36. The molecule has 1 aromatic carbocycles. The number of ether oxygens (including phenoxy) is 2. The first kappa shape index (κ1) is 16.4. The molecule has 1 saturated carbocycles. The summed E-state index contributed by atoms with van der Waals surface area (Å²) in [5.41, 5.74) is 0.359. The highest BCUT2D eigenvalue weighted by atomic mass is 16.5. The van der Waals surface area contributed by atoms with Crippen molar-refractivity contribution >= 4 is 17.6 Å². The van der Waals surface area contributed by atoms with Gasteiger partial charge in [-0.25, -0.2) is 4.79 Å². The van der Waals surface area contributed by atoms with Crippen LogP contribution in [0, 0.1) is 17.8 Å². The van der Waals surface area contributed by atoms with Crippen molar-refractivity contribution in [2.75, 3.05) is 19.5 Å². The third-order valence-corrected chi connectivity index (χ3v) is 4.90. The van der Waals surface area contributed by atoms with E-state index in [-0.39, 0.29) is 29.1 Å². The van der Waals surface area contributed by atoms with E-state index in [1.807, 2.05) is 0 Å². The van der Waals surface area contributed by atoms with Crippen LogP contribution in [0.1, 0.15) is 29.6 Å². The zero-order valence-corrected chi connectivity index (χ0v) is 13.7. The maximum absolute atomic E-state index is 12.7. The van der Waals surface area contributed by atoms with Crippen LogP contribution in [0.2, 0.25) is 0 Å². The smallest absolute Gasteiger partial charge is 0.335 e. The number of amides is 1. The average molecular weight is 331 g/mol. The van der Waals surface area contributed by atoms with Crippen molar-refractivity contribution in [3.05, 3.63) is 29.8 Å². The predicted octanol–water partition coefficient (Wildman–Crippen LogP) is 2.94. The second kappa shape index (κ2) is 6.55. The number of carboxylic acids is 1. The summed E-state index contributed by atoms with van der Waals surface area (Å²) in [4.78, 5) is 24.0. The van der Waals surface area contributed by atoms with Crippen molar-refractivity contribution in [3.63, 3.8) is 0 Å². The minimum Gasteiger partial charge on any atom is -0.493 e. The summed E-state index contributed by atoms with van der Waals surface area (Å²) in [6, 6.07) is 2.78. The molecule has 1 fully saturated rings. The van der Waals surface area contributed by atoms with Crippen LogP contribution in [0.15, 0.2) is 24.3 Å². The highest BCUT2D eigenvalue weighted by molar-refractivity contribution is 5.98. The van der Waals surface area contributed by atoms with E-state index in [1.54, 1.807) is 0 Å². The Hall–Kier alpha value is -2.50. The second-order valence-corrected chi connectivity index (χ2v) is 6.28. The standard InChI is InChI=1S/C18H21NO5/c1-23-15-9-12(18(21)22)8-14(16(15)24-2)19-17(20)13-7-10-3-5-11(13)6-4-10/h3,5,8-11,13H,4,6-7H2,1-2H3,(H,19,20)(H,21,22)/t10-,11+,13-/m1/s1. The molecule has 3 aliphatic carbocycles. The van der Waals surface area contributed by atoms with Crippen LogP contribution >= 0.6 is 0 Å². The summed E-state index contributed by atoms with van der Waals surface area (Å²) in [6.07, 6.45) is 7.33. The minimum absolute atomic E-state index is 0.0352. The van der Waals surface area contributed by atoms with Gasteiger partial charge in [0.15, 0.2) is 11.5 Å². The van der Waals surface area contributed by atoms with Gasteiger partial charge in [0.05, 0.1) is 25.5 Å².